The second-order valence-corrected chi connectivity index (χ2v) is 9.09. The molecule has 31 heavy (non-hydrogen) atoms. The molecule has 0 bridgehead atoms. The second-order valence-electron chi connectivity index (χ2n) is 8.03. The van der Waals surface area contributed by atoms with E-state index in [4.69, 9.17) is 0 Å². The summed E-state index contributed by atoms with van der Waals surface area (Å²) in [5.74, 6) is -0.396. The van der Waals surface area contributed by atoms with Crippen LogP contribution in [-0.4, -0.2) is 54.3 Å². The Bertz CT molecular complexity index is 1150. The minimum absolute atomic E-state index is 0.0516. The Morgan fingerprint density at radius 1 is 1.00 bits per heavy atom. The summed E-state index contributed by atoms with van der Waals surface area (Å²) in [4.78, 5) is 30.0. The van der Waals surface area contributed by atoms with Crippen LogP contribution in [0.3, 0.4) is 0 Å². The van der Waals surface area contributed by atoms with Crippen molar-refractivity contribution in [1.82, 2.24) is 9.80 Å². The third-order valence-electron chi connectivity index (χ3n) is 6.00. The van der Waals surface area contributed by atoms with E-state index in [1.807, 2.05) is 45.0 Å². The Labute approximate surface area is 185 Å². The lowest BCUT2D eigenvalue weighted by molar-refractivity contribution is -0.117. The summed E-state index contributed by atoms with van der Waals surface area (Å²) >= 11 is 1.35. The highest BCUT2D eigenvalue weighted by Gasteiger charge is 2.26. The first kappa shape index (κ1) is 21.5. The normalized spacial score (nSPS) is 14.8. The van der Waals surface area contributed by atoms with Gasteiger partial charge in [0.15, 0.2) is 0 Å². The molecule has 2 heterocycles. The van der Waals surface area contributed by atoms with E-state index >= 15 is 0 Å². The number of carbonyl (C=O) groups is 2. The average molecular weight is 440 g/mol. The first-order chi connectivity index (χ1) is 14.8. The van der Waals surface area contributed by atoms with Crippen molar-refractivity contribution in [1.29, 1.82) is 0 Å². The minimum atomic E-state index is -0.287. The SMILES string of the molecule is Cc1cccc(NC(=O)CN2CCN(C(=O)c3sc4cccc(F)c4c3C)CC2)c1C. The van der Waals surface area contributed by atoms with Crippen LogP contribution in [-0.2, 0) is 4.79 Å². The molecule has 1 aromatic heterocycles. The lowest BCUT2D eigenvalue weighted by Crippen LogP contribution is -2.50. The van der Waals surface area contributed by atoms with E-state index in [1.54, 1.807) is 11.0 Å². The number of anilines is 1. The van der Waals surface area contributed by atoms with Gasteiger partial charge in [-0.1, -0.05) is 18.2 Å². The molecular formula is C24H26FN3O2S. The lowest BCUT2D eigenvalue weighted by atomic mass is 10.1. The Hall–Kier alpha value is -2.77. The fourth-order valence-corrected chi connectivity index (χ4v) is 5.18. The topological polar surface area (TPSA) is 52.7 Å². The summed E-state index contributed by atoms with van der Waals surface area (Å²) in [7, 11) is 0. The van der Waals surface area contributed by atoms with Gasteiger partial charge in [-0.2, -0.15) is 0 Å². The molecule has 3 aromatic rings. The zero-order valence-electron chi connectivity index (χ0n) is 18.0. The number of nitrogens with zero attached hydrogens (tertiary/aromatic N) is 2. The van der Waals surface area contributed by atoms with Gasteiger partial charge in [-0.3, -0.25) is 14.5 Å². The molecule has 0 saturated carbocycles. The minimum Gasteiger partial charge on any atom is -0.335 e. The maximum Gasteiger partial charge on any atom is 0.264 e. The number of hydrogen-bond acceptors (Lipinski definition) is 4. The van der Waals surface area contributed by atoms with Gasteiger partial charge in [0.25, 0.3) is 5.91 Å². The highest BCUT2D eigenvalue weighted by molar-refractivity contribution is 7.21. The van der Waals surface area contributed by atoms with E-state index in [-0.39, 0.29) is 17.6 Å². The van der Waals surface area contributed by atoms with Crippen molar-refractivity contribution in [2.45, 2.75) is 20.8 Å². The van der Waals surface area contributed by atoms with E-state index in [9.17, 15) is 14.0 Å². The van der Waals surface area contributed by atoms with Crippen LogP contribution < -0.4 is 5.32 Å². The molecule has 2 aromatic carbocycles. The molecule has 0 unspecified atom stereocenters. The Morgan fingerprint density at radius 2 is 1.71 bits per heavy atom. The van der Waals surface area contributed by atoms with Crippen molar-refractivity contribution < 1.29 is 14.0 Å². The number of halogens is 1. The molecule has 1 aliphatic heterocycles. The predicted octanol–water partition coefficient (Wildman–Crippen LogP) is 4.36. The number of piperazine rings is 1. The Balaban J connectivity index is 1.36. The number of fused-ring (bicyclic) bond motifs is 1. The number of benzene rings is 2. The van der Waals surface area contributed by atoms with Gasteiger partial charge in [-0.05, 0) is 55.7 Å². The Kier molecular flexibility index (Phi) is 6.07. The van der Waals surface area contributed by atoms with E-state index in [0.29, 0.717) is 48.6 Å². The highest BCUT2D eigenvalue weighted by atomic mass is 32.1. The zero-order valence-corrected chi connectivity index (χ0v) is 18.8. The van der Waals surface area contributed by atoms with Crippen molar-refractivity contribution in [3.8, 4) is 0 Å². The number of hydrogen-bond donors (Lipinski definition) is 1. The van der Waals surface area contributed by atoms with Gasteiger partial charge in [0, 0.05) is 42.0 Å². The molecule has 5 nitrogen and oxygen atoms in total. The van der Waals surface area contributed by atoms with Gasteiger partial charge in [0.2, 0.25) is 5.91 Å². The number of nitrogens with one attached hydrogen (secondary N) is 1. The van der Waals surface area contributed by atoms with Gasteiger partial charge >= 0.3 is 0 Å². The molecule has 0 aliphatic carbocycles. The van der Waals surface area contributed by atoms with E-state index in [1.165, 1.54) is 17.4 Å². The third kappa shape index (κ3) is 4.34. The smallest absolute Gasteiger partial charge is 0.264 e. The fourth-order valence-electron chi connectivity index (χ4n) is 3.99. The second kappa shape index (κ2) is 8.77. The maximum absolute atomic E-state index is 14.2. The van der Waals surface area contributed by atoms with E-state index in [0.717, 1.165) is 21.5 Å². The number of thiophene rings is 1. The number of aryl methyl sites for hydroxylation is 2. The predicted molar refractivity (Wildman–Crippen MR) is 123 cm³/mol. The molecule has 162 valence electrons. The number of rotatable bonds is 4. The quantitative estimate of drug-likeness (QED) is 0.657. The van der Waals surface area contributed by atoms with Gasteiger partial charge in [-0.15, -0.1) is 11.3 Å². The summed E-state index contributed by atoms with van der Waals surface area (Å²) in [5, 5.41) is 3.53. The van der Waals surface area contributed by atoms with Gasteiger partial charge < -0.3 is 10.2 Å². The van der Waals surface area contributed by atoms with Crippen molar-refractivity contribution in [3.05, 3.63) is 63.8 Å². The Morgan fingerprint density at radius 3 is 2.42 bits per heavy atom. The van der Waals surface area contributed by atoms with E-state index < -0.39 is 0 Å². The highest BCUT2D eigenvalue weighted by Crippen LogP contribution is 2.33. The first-order valence-electron chi connectivity index (χ1n) is 10.4. The zero-order chi connectivity index (χ0) is 22.1. The van der Waals surface area contributed by atoms with Crippen molar-refractivity contribution in [2.24, 2.45) is 0 Å². The monoisotopic (exact) mass is 439 g/mol. The average Bonchev–Trinajstić information content (AvgIpc) is 3.09. The van der Waals surface area contributed by atoms with Crippen molar-refractivity contribution >= 4 is 38.9 Å². The molecule has 1 N–H and O–H groups in total. The summed E-state index contributed by atoms with van der Waals surface area (Å²) < 4.78 is 15.0. The molecule has 4 rings (SSSR count). The van der Waals surface area contributed by atoms with Crippen LogP contribution >= 0.6 is 11.3 Å². The van der Waals surface area contributed by atoms with Crippen LogP contribution in [0.4, 0.5) is 10.1 Å². The van der Waals surface area contributed by atoms with Gasteiger partial charge in [0.1, 0.15) is 5.82 Å². The van der Waals surface area contributed by atoms with Crippen LogP contribution in [0.2, 0.25) is 0 Å². The number of amides is 2. The summed E-state index contributed by atoms with van der Waals surface area (Å²) in [6.45, 7) is 8.47. The van der Waals surface area contributed by atoms with Crippen LogP contribution in [0.1, 0.15) is 26.4 Å². The maximum atomic E-state index is 14.2. The van der Waals surface area contributed by atoms with Crippen molar-refractivity contribution in [2.75, 3.05) is 38.0 Å². The molecule has 2 amide bonds. The molecule has 1 aliphatic rings. The van der Waals surface area contributed by atoms with Gasteiger partial charge in [0.05, 0.1) is 11.4 Å². The summed E-state index contributed by atoms with van der Waals surface area (Å²) in [6.07, 6.45) is 0. The van der Waals surface area contributed by atoms with Gasteiger partial charge in [-0.25, -0.2) is 4.39 Å². The largest absolute Gasteiger partial charge is 0.335 e. The van der Waals surface area contributed by atoms with Crippen LogP contribution in [0.25, 0.3) is 10.1 Å². The molecule has 0 radical (unpaired) electrons. The molecular weight excluding hydrogens is 413 g/mol. The molecule has 7 heteroatoms. The standard InChI is InChI=1S/C24H26FN3O2S/c1-15-6-4-8-19(16(15)2)26-21(29)14-27-10-12-28(13-11-27)24(30)23-17(3)22-18(25)7-5-9-20(22)31-23/h4-9H,10-14H2,1-3H3,(H,26,29). The van der Waals surface area contributed by atoms with Crippen LogP contribution in [0, 0.1) is 26.6 Å². The van der Waals surface area contributed by atoms with Crippen LogP contribution in [0.15, 0.2) is 36.4 Å². The summed E-state index contributed by atoms with van der Waals surface area (Å²) in [6, 6.07) is 10.8. The summed E-state index contributed by atoms with van der Waals surface area (Å²) in [5.41, 5.74) is 3.76. The van der Waals surface area contributed by atoms with Crippen LogP contribution in [0.5, 0.6) is 0 Å². The van der Waals surface area contributed by atoms with Crippen molar-refractivity contribution in [3.63, 3.8) is 0 Å². The molecule has 0 spiro atoms. The lowest BCUT2D eigenvalue weighted by Gasteiger charge is -2.34. The molecule has 1 saturated heterocycles. The molecule has 1 fully saturated rings. The fraction of sp³-hybridized carbons (Fsp3) is 0.333. The third-order valence-corrected chi connectivity index (χ3v) is 7.25. The van der Waals surface area contributed by atoms with E-state index in [2.05, 4.69) is 10.2 Å². The molecule has 0 atom stereocenters. The first-order valence-corrected chi connectivity index (χ1v) is 11.2. The number of carbonyl (C=O) groups excluding carboxylic acids is 2.